The highest BCUT2D eigenvalue weighted by atomic mass is 32.1. The molecule has 10 nitrogen and oxygen atoms in total. The molecule has 0 N–H and O–H groups in total. The molecule has 0 spiro atoms. The van der Waals surface area contributed by atoms with E-state index >= 15 is 0 Å². The normalized spacial score (nSPS) is 15.3. The van der Waals surface area contributed by atoms with Crippen LogP contribution in [0.25, 0.3) is 6.08 Å². The van der Waals surface area contributed by atoms with Crippen molar-refractivity contribution in [3.05, 3.63) is 108 Å². The Morgan fingerprint density at radius 2 is 1.76 bits per heavy atom. The molecule has 0 saturated heterocycles. The number of hydrogen-bond acceptors (Lipinski definition) is 9. The third-order valence-corrected chi connectivity index (χ3v) is 9.04. The van der Waals surface area contributed by atoms with Crippen LogP contribution in [0.5, 0.6) is 28.7 Å². The molecule has 1 atom stereocenters. The van der Waals surface area contributed by atoms with Gasteiger partial charge in [-0.3, -0.25) is 14.2 Å². The first-order valence-corrected chi connectivity index (χ1v) is 15.8. The molecule has 0 bridgehead atoms. The molecular formula is C35H35N3O7S. The lowest BCUT2D eigenvalue weighted by atomic mass is 9.94. The van der Waals surface area contributed by atoms with E-state index in [1.807, 2.05) is 81.4 Å². The van der Waals surface area contributed by atoms with Crippen molar-refractivity contribution in [1.29, 1.82) is 0 Å². The molecule has 0 radical (unpaired) electrons. The highest BCUT2D eigenvalue weighted by Crippen LogP contribution is 2.37. The topological polar surface area (TPSA) is 101 Å². The van der Waals surface area contributed by atoms with E-state index in [2.05, 4.69) is 0 Å². The molecule has 6 rings (SSSR count). The molecule has 4 aromatic rings. The SMILES string of the molecule is CCN(CC)C(=O)C1=C(C)N=c2s/c(=C/c3ccc(OCc4ccc5c(c4)OCO5)c(OC)c3)c(=O)n2[C@@H]1c1ccccc1OC. The molecule has 2 aliphatic heterocycles. The van der Waals surface area contributed by atoms with Gasteiger partial charge in [-0.1, -0.05) is 41.7 Å². The van der Waals surface area contributed by atoms with Crippen LogP contribution in [-0.2, 0) is 11.4 Å². The standard InChI is InChI=1S/C35H35N3O7S/c1-6-37(7-2)34(40)31-21(3)36-35-38(32(31)24-10-8-9-11-25(24)41-4)33(39)30(46-35)18-22-12-14-26(28(16-22)42-5)43-19-23-13-15-27-29(17-23)45-20-44-27/h8-18,32H,6-7,19-20H2,1-5H3/b30-18+/t32-/m1/s1. The molecular weight excluding hydrogens is 606 g/mol. The number of allylic oxidation sites excluding steroid dienone is 1. The third kappa shape index (κ3) is 5.74. The number of nitrogens with zero attached hydrogens (tertiary/aromatic N) is 3. The first-order chi connectivity index (χ1) is 22.4. The van der Waals surface area contributed by atoms with E-state index in [4.69, 9.17) is 28.7 Å². The van der Waals surface area contributed by atoms with Gasteiger partial charge in [-0.25, -0.2) is 4.99 Å². The average molecular weight is 642 g/mol. The van der Waals surface area contributed by atoms with E-state index in [0.717, 1.165) is 11.1 Å². The first-order valence-electron chi connectivity index (χ1n) is 15.0. The number of likely N-dealkylation sites (N-methyl/N-ethyl adjacent to an activating group) is 1. The van der Waals surface area contributed by atoms with Gasteiger partial charge >= 0.3 is 0 Å². The average Bonchev–Trinajstić information content (AvgIpc) is 3.67. The first kappa shape index (κ1) is 31.0. The lowest BCUT2D eigenvalue weighted by molar-refractivity contribution is -0.127. The Morgan fingerprint density at radius 3 is 2.52 bits per heavy atom. The van der Waals surface area contributed by atoms with Crippen molar-refractivity contribution in [1.82, 2.24) is 9.47 Å². The van der Waals surface area contributed by atoms with Gasteiger partial charge in [0.05, 0.1) is 30.0 Å². The highest BCUT2D eigenvalue weighted by Gasteiger charge is 2.35. The Kier molecular flexibility index (Phi) is 8.85. The van der Waals surface area contributed by atoms with Crippen LogP contribution in [-0.4, -0.2) is 49.5 Å². The zero-order valence-electron chi connectivity index (χ0n) is 26.4. The second-order valence-corrected chi connectivity index (χ2v) is 11.7. The number of thiazole rings is 1. The smallest absolute Gasteiger partial charge is 0.271 e. The van der Waals surface area contributed by atoms with Crippen molar-refractivity contribution < 1.29 is 28.5 Å². The van der Waals surface area contributed by atoms with Crippen molar-refractivity contribution in [3.63, 3.8) is 0 Å². The molecule has 1 aromatic heterocycles. The number of methoxy groups -OCH3 is 2. The lowest BCUT2D eigenvalue weighted by Crippen LogP contribution is -2.43. The van der Waals surface area contributed by atoms with E-state index in [9.17, 15) is 9.59 Å². The number of carbonyl (C=O) groups excluding carboxylic acids is 1. The maximum Gasteiger partial charge on any atom is 0.271 e. The molecule has 0 saturated carbocycles. The quantitative estimate of drug-likeness (QED) is 0.253. The molecule has 238 valence electrons. The van der Waals surface area contributed by atoms with Gasteiger partial charge in [-0.05, 0) is 68.3 Å². The predicted octanol–water partition coefficient (Wildman–Crippen LogP) is 4.43. The molecule has 3 aromatic carbocycles. The second kappa shape index (κ2) is 13.1. The van der Waals surface area contributed by atoms with Crippen LogP contribution in [0.2, 0.25) is 0 Å². The molecule has 0 aliphatic carbocycles. The summed E-state index contributed by atoms with van der Waals surface area (Å²) >= 11 is 1.28. The van der Waals surface area contributed by atoms with Gasteiger partial charge in [0, 0.05) is 18.7 Å². The molecule has 3 heterocycles. The molecule has 2 aliphatic rings. The van der Waals surface area contributed by atoms with Gasteiger partial charge in [0.25, 0.3) is 11.5 Å². The number of ether oxygens (including phenoxy) is 5. The minimum Gasteiger partial charge on any atom is -0.496 e. The minimum absolute atomic E-state index is 0.155. The summed E-state index contributed by atoms with van der Waals surface area (Å²) in [5.74, 6) is 2.92. The van der Waals surface area contributed by atoms with Crippen molar-refractivity contribution in [2.24, 2.45) is 4.99 Å². The summed E-state index contributed by atoms with van der Waals surface area (Å²) in [5.41, 5.74) is 3.17. The van der Waals surface area contributed by atoms with Crippen molar-refractivity contribution in [3.8, 4) is 28.7 Å². The van der Waals surface area contributed by atoms with Crippen LogP contribution in [0.4, 0.5) is 0 Å². The largest absolute Gasteiger partial charge is 0.496 e. The van der Waals surface area contributed by atoms with Crippen molar-refractivity contribution in [2.45, 2.75) is 33.4 Å². The lowest BCUT2D eigenvalue weighted by Gasteiger charge is -2.29. The van der Waals surface area contributed by atoms with Gasteiger partial charge in [0.1, 0.15) is 18.4 Å². The Hall–Kier alpha value is -5.03. The summed E-state index contributed by atoms with van der Waals surface area (Å²) in [7, 11) is 3.16. The van der Waals surface area contributed by atoms with Crippen molar-refractivity contribution in [2.75, 3.05) is 34.1 Å². The van der Waals surface area contributed by atoms with Gasteiger partial charge < -0.3 is 28.6 Å². The molecule has 0 fully saturated rings. The monoisotopic (exact) mass is 641 g/mol. The third-order valence-electron chi connectivity index (χ3n) is 8.05. The number of aromatic nitrogens is 1. The van der Waals surface area contributed by atoms with Crippen molar-refractivity contribution >= 4 is 23.3 Å². The van der Waals surface area contributed by atoms with Gasteiger partial charge in [0.15, 0.2) is 27.8 Å². The summed E-state index contributed by atoms with van der Waals surface area (Å²) in [6.45, 7) is 7.29. The Balaban J connectivity index is 1.38. The fourth-order valence-electron chi connectivity index (χ4n) is 5.70. The van der Waals surface area contributed by atoms with Crippen LogP contribution >= 0.6 is 11.3 Å². The van der Waals surface area contributed by atoms with Gasteiger partial charge in [-0.2, -0.15) is 0 Å². The Morgan fingerprint density at radius 1 is 1.00 bits per heavy atom. The maximum absolute atomic E-state index is 14.2. The van der Waals surface area contributed by atoms with Crippen LogP contribution < -0.4 is 38.6 Å². The summed E-state index contributed by atoms with van der Waals surface area (Å²) in [5, 5.41) is 0. The number of hydrogen-bond donors (Lipinski definition) is 0. The fraction of sp³-hybridized carbons (Fsp3) is 0.286. The molecule has 11 heteroatoms. The fourth-order valence-corrected chi connectivity index (χ4v) is 6.75. The van der Waals surface area contributed by atoms with Crippen LogP contribution in [0.3, 0.4) is 0 Å². The maximum atomic E-state index is 14.2. The number of fused-ring (bicyclic) bond motifs is 2. The van der Waals surface area contributed by atoms with E-state index in [-0.39, 0.29) is 18.3 Å². The van der Waals surface area contributed by atoms with E-state index < -0.39 is 6.04 Å². The number of para-hydroxylation sites is 1. The summed E-state index contributed by atoms with van der Waals surface area (Å²) in [6.07, 6.45) is 1.80. The van der Waals surface area contributed by atoms with E-state index in [1.54, 1.807) is 29.8 Å². The molecule has 1 amide bonds. The summed E-state index contributed by atoms with van der Waals surface area (Å²) in [4.78, 5) is 35.1. The second-order valence-electron chi connectivity index (χ2n) is 10.7. The number of benzene rings is 3. The van der Waals surface area contributed by atoms with E-state index in [0.29, 0.717) is 74.6 Å². The number of rotatable bonds is 10. The summed E-state index contributed by atoms with van der Waals surface area (Å²) < 4.78 is 30.4. The molecule has 0 unspecified atom stereocenters. The summed E-state index contributed by atoms with van der Waals surface area (Å²) in [6, 6.07) is 18.0. The van der Waals surface area contributed by atoms with E-state index in [1.165, 1.54) is 11.3 Å². The van der Waals surface area contributed by atoms with Gasteiger partial charge in [0.2, 0.25) is 6.79 Å². The van der Waals surface area contributed by atoms with Crippen LogP contribution in [0, 0.1) is 0 Å². The Bertz CT molecular complexity index is 2010. The molecule has 46 heavy (non-hydrogen) atoms. The Labute approximate surface area is 270 Å². The van der Waals surface area contributed by atoms with Crippen LogP contribution in [0.1, 0.15) is 43.5 Å². The minimum atomic E-state index is -0.704. The zero-order valence-corrected chi connectivity index (χ0v) is 27.2. The predicted molar refractivity (Wildman–Crippen MR) is 175 cm³/mol. The number of carbonyl (C=O) groups is 1. The highest BCUT2D eigenvalue weighted by molar-refractivity contribution is 7.07. The van der Waals surface area contributed by atoms with Gasteiger partial charge in [-0.15, -0.1) is 0 Å². The van der Waals surface area contributed by atoms with Crippen LogP contribution in [0.15, 0.2) is 81.7 Å². The number of amides is 1. The zero-order chi connectivity index (χ0) is 32.4.